The van der Waals surface area contributed by atoms with Crippen LogP contribution in [0.3, 0.4) is 0 Å². The Balaban J connectivity index is 3.53. The van der Waals surface area contributed by atoms with Crippen LogP contribution < -0.4 is 10.3 Å². The second-order valence-electron chi connectivity index (χ2n) is 2.33. The van der Waals surface area contributed by atoms with Crippen molar-refractivity contribution in [2.24, 2.45) is 10.3 Å². The van der Waals surface area contributed by atoms with Crippen molar-refractivity contribution in [1.82, 2.24) is 0 Å². The summed E-state index contributed by atoms with van der Waals surface area (Å²) in [7, 11) is -8.26. The Bertz CT molecular complexity index is 504. The Morgan fingerprint density at radius 2 is 1.64 bits per heavy atom. The molecular formula is C4H6N2O5S3. The molecule has 5 N–H and O–H groups in total. The summed E-state index contributed by atoms with van der Waals surface area (Å²) >= 11 is 0.488. The quantitative estimate of drug-likeness (QED) is 0.607. The summed E-state index contributed by atoms with van der Waals surface area (Å²) in [5, 5.41) is 19.5. The van der Waals surface area contributed by atoms with Gasteiger partial charge in [0.25, 0.3) is 10.0 Å². The van der Waals surface area contributed by atoms with Crippen LogP contribution in [0.5, 0.6) is 5.75 Å². The number of thiophene rings is 1. The van der Waals surface area contributed by atoms with Crippen molar-refractivity contribution in [2.75, 3.05) is 0 Å². The lowest BCUT2D eigenvalue weighted by Gasteiger charge is -1.96. The fourth-order valence-corrected chi connectivity index (χ4v) is 3.51. The van der Waals surface area contributed by atoms with Gasteiger partial charge in [0.1, 0.15) is 4.90 Å². The zero-order valence-electron chi connectivity index (χ0n) is 6.54. The molecule has 14 heavy (non-hydrogen) atoms. The van der Waals surface area contributed by atoms with Crippen LogP contribution in [0.4, 0.5) is 0 Å². The monoisotopic (exact) mass is 258 g/mol. The summed E-state index contributed by atoms with van der Waals surface area (Å²) in [6, 6.07) is 0. The lowest BCUT2D eigenvalue weighted by Crippen LogP contribution is -2.13. The van der Waals surface area contributed by atoms with Gasteiger partial charge in [-0.3, -0.25) is 0 Å². The number of primary sulfonamides is 2. The third kappa shape index (κ3) is 2.04. The molecule has 1 aromatic heterocycles. The fraction of sp³-hybridized carbons (Fsp3) is 0. The second-order valence-corrected chi connectivity index (χ2v) is 6.49. The van der Waals surface area contributed by atoms with E-state index in [2.05, 4.69) is 0 Å². The molecule has 0 aliphatic heterocycles. The summed E-state index contributed by atoms with van der Waals surface area (Å²) in [4.78, 5) is -0.647. The molecule has 0 aliphatic rings. The molecule has 0 radical (unpaired) electrons. The maximum absolute atomic E-state index is 10.8. The Morgan fingerprint density at radius 1 is 1.14 bits per heavy atom. The van der Waals surface area contributed by atoms with Crippen LogP contribution in [-0.4, -0.2) is 21.9 Å². The molecule has 0 atom stereocenters. The zero-order chi connectivity index (χ0) is 11.1. The Kier molecular flexibility index (Phi) is 2.58. The van der Waals surface area contributed by atoms with Gasteiger partial charge in [0, 0.05) is 5.38 Å². The maximum atomic E-state index is 10.8. The first-order valence-electron chi connectivity index (χ1n) is 3.00. The summed E-state index contributed by atoms with van der Waals surface area (Å²) < 4.78 is 42.5. The zero-order valence-corrected chi connectivity index (χ0v) is 8.99. The molecule has 0 saturated carbocycles. The average molecular weight is 258 g/mol. The maximum Gasteiger partial charge on any atom is 0.251 e. The van der Waals surface area contributed by atoms with Crippen LogP contribution in [0.15, 0.2) is 14.5 Å². The standard InChI is InChI=1S/C4H6N2O5S3/c5-13(8,9)2-1-12-4(3(2)7)14(6,10)11/h1,7H,(H2,5,8,9)(H2,6,10,11). The van der Waals surface area contributed by atoms with Crippen molar-refractivity contribution < 1.29 is 21.9 Å². The Labute approximate surface area is 84.1 Å². The molecule has 0 aromatic carbocycles. The number of sulfonamides is 2. The summed E-state index contributed by atoms with van der Waals surface area (Å²) in [6.45, 7) is 0. The molecule has 0 aliphatic carbocycles. The molecule has 0 amide bonds. The molecule has 1 aromatic rings. The smallest absolute Gasteiger partial charge is 0.251 e. The van der Waals surface area contributed by atoms with E-state index in [0.717, 1.165) is 5.38 Å². The fourth-order valence-electron chi connectivity index (χ4n) is 0.723. The molecular weight excluding hydrogens is 252 g/mol. The molecule has 0 unspecified atom stereocenters. The van der Waals surface area contributed by atoms with Crippen molar-refractivity contribution >= 4 is 31.4 Å². The number of hydrogen-bond acceptors (Lipinski definition) is 6. The van der Waals surface area contributed by atoms with Crippen LogP contribution in [0, 0.1) is 0 Å². The SMILES string of the molecule is NS(=O)(=O)c1csc(S(N)(=O)=O)c1O. The number of aromatic hydroxyl groups is 1. The van der Waals surface area contributed by atoms with E-state index in [4.69, 9.17) is 10.3 Å². The molecule has 0 fully saturated rings. The van der Waals surface area contributed by atoms with Crippen LogP contribution in [0.25, 0.3) is 0 Å². The topological polar surface area (TPSA) is 141 Å². The highest BCUT2D eigenvalue weighted by Gasteiger charge is 2.25. The third-order valence-corrected chi connectivity index (χ3v) is 4.79. The van der Waals surface area contributed by atoms with Gasteiger partial charge in [-0.1, -0.05) is 0 Å². The minimum atomic E-state index is -4.13. The molecule has 0 bridgehead atoms. The van der Waals surface area contributed by atoms with Gasteiger partial charge in [-0.15, -0.1) is 11.3 Å². The highest BCUT2D eigenvalue weighted by atomic mass is 32.2. The van der Waals surface area contributed by atoms with E-state index in [1.165, 1.54) is 0 Å². The van der Waals surface area contributed by atoms with Gasteiger partial charge >= 0.3 is 0 Å². The highest BCUT2D eigenvalue weighted by Crippen LogP contribution is 2.34. The first kappa shape index (κ1) is 11.4. The highest BCUT2D eigenvalue weighted by molar-refractivity contribution is 7.92. The molecule has 0 saturated heterocycles. The molecule has 1 rings (SSSR count). The normalized spacial score (nSPS) is 13.0. The van der Waals surface area contributed by atoms with Crippen LogP contribution in [0.2, 0.25) is 0 Å². The van der Waals surface area contributed by atoms with Crippen molar-refractivity contribution in [1.29, 1.82) is 0 Å². The van der Waals surface area contributed by atoms with E-state index in [9.17, 15) is 21.9 Å². The first-order valence-corrected chi connectivity index (χ1v) is 6.97. The summed E-state index contributed by atoms with van der Waals surface area (Å²) in [5.41, 5.74) is 0. The average Bonchev–Trinajstić information content (AvgIpc) is 2.26. The molecule has 0 spiro atoms. The van der Waals surface area contributed by atoms with Gasteiger partial charge in [-0.25, -0.2) is 27.1 Å². The number of rotatable bonds is 2. The third-order valence-electron chi connectivity index (χ3n) is 1.26. The van der Waals surface area contributed by atoms with E-state index in [-0.39, 0.29) is 0 Å². The van der Waals surface area contributed by atoms with Gasteiger partial charge in [-0.2, -0.15) is 0 Å². The molecule has 10 heteroatoms. The van der Waals surface area contributed by atoms with Gasteiger partial charge in [-0.05, 0) is 0 Å². The minimum Gasteiger partial charge on any atom is -0.504 e. The van der Waals surface area contributed by atoms with Gasteiger partial charge in [0.05, 0.1) is 0 Å². The summed E-state index contributed by atoms with van der Waals surface area (Å²) in [6.07, 6.45) is 0. The largest absolute Gasteiger partial charge is 0.504 e. The van der Waals surface area contributed by atoms with Crippen LogP contribution >= 0.6 is 11.3 Å². The van der Waals surface area contributed by atoms with E-state index in [1.54, 1.807) is 0 Å². The second kappa shape index (κ2) is 3.17. The molecule has 7 nitrogen and oxygen atoms in total. The van der Waals surface area contributed by atoms with E-state index < -0.39 is 34.9 Å². The number of nitrogens with two attached hydrogens (primary N) is 2. The molecule has 1 heterocycles. The number of hydrogen-bond donors (Lipinski definition) is 3. The van der Waals surface area contributed by atoms with Gasteiger partial charge in [0.2, 0.25) is 10.0 Å². The van der Waals surface area contributed by atoms with Crippen molar-refractivity contribution in [2.45, 2.75) is 9.10 Å². The van der Waals surface area contributed by atoms with Gasteiger partial charge < -0.3 is 5.11 Å². The van der Waals surface area contributed by atoms with E-state index in [1.807, 2.05) is 0 Å². The van der Waals surface area contributed by atoms with E-state index in [0.29, 0.717) is 11.3 Å². The predicted molar refractivity (Wildman–Crippen MR) is 48.7 cm³/mol. The summed E-state index contributed by atoms with van der Waals surface area (Å²) in [5.74, 6) is -0.931. The Hall–Kier alpha value is -0.680. The lowest BCUT2D eigenvalue weighted by molar-refractivity contribution is 0.449. The predicted octanol–water partition coefficient (Wildman–Crippen LogP) is -1.25. The van der Waals surface area contributed by atoms with Crippen molar-refractivity contribution in [3.8, 4) is 5.75 Å². The Morgan fingerprint density at radius 3 is 1.86 bits per heavy atom. The first-order chi connectivity index (χ1) is 6.14. The van der Waals surface area contributed by atoms with Gasteiger partial charge in [0.15, 0.2) is 9.96 Å². The van der Waals surface area contributed by atoms with Crippen molar-refractivity contribution in [3.63, 3.8) is 0 Å². The minimum absolute atomic E-state index is 0.488. The van der Waals surface area contributed by atoms with Crippen LogP contribution in [0.1, 0.15) is 0 Å². The van der Waals surface area contributed by atoms with Crippen molar-refractivity contribution in [3.05, 3.63) is 5.38 Å². The van der Waals surface area contributed by atoms with Crippen LogP contribution in [-0.2, 0) is 20.0 Å². The van der Waals surface area contributed by atoms with E-state index >= 15 is 0 Å². The lowest BCUT2D eigenvalue weighted by atomic mass is 10.6. The molecule has 80 valence electrons.